The molecule has 1 amide bonds. The summed E-state index contributed by atoms with van der Waals surface area (Å²) in [4.78, 5) is 16.9. The van der Waals surface area contributed by atoms with Crippen LogP contribution < -0.4 is 5.32 Å². The number of thiophene rings is 1. The Morgan fingerprint density at radius 3 is 2.70 bits per heavy atom. The molecule has 0 radical (unpaired) electrons. The van der Waals surface area contributed by atoms with Gasteiger partial charge in [-0.1, -0.05) is 6.92 Å². The standard InChI is InChI=1S/C15H24N2O2S/c1-4-13-5-6-14(20-13)11(2)16-12(3)15(18)17-7-9-19-10-8-17/h5-6,11-12,16H,4,7-10H2,1-3H3. The second kappa shape index (κ2) is 7.20. The SMILES string of the molecule is CCc1ccc(C(C)NC(C)C(=O)N2CCOCC2)s1. The highest BCUT2D eigenvalue weighted by Crippen LogP contribution is 2.23. The molecule has 1 fully saturated rings. The first kappa shape index (κ1) is 15.5. The van der Waals surface area contributed by atoms with Crippen molar-refractivity contribution in [2.75, 3.05) is 26.3 Å². The van der Waals surface area contributed by atoms with E-state index in [1.807, 2.05) is 23.2 Å². The van der Waals surface area contributed by atoms with Crippen LogP contribution in [0.5, 0.6) is 0 Å². The largest absolute Gasteiger partial charge is 0.378 e. The van der Waals surface area contributed by atoms with E-state index in [0.29, 0.717) is 26.3 Å². The molecule has 1 aromatic rings. The number of aryl methyl sites for hydroxylation is 1. The summed E-state index contributed by atoms with van der Waals surface area (Å²) in [6.45, 7) is 8.95. The second-order valence-electron chi connectivity index (χ2n) is 5.21. The van der Waals surface area contributed by atoms with Crippen molar-refractivity contribution in [1.29, 1.82) is 0 Å². The predicted octanol–water partition coefficient (Wildman–Crippen LogP) is 2.21. The minimum atomic E-state index is -0.157. The van der Waals surface area contributed by atoms with Crippen molar-refractivity contribution in [1.82, 2.24) is 10.2 Å². The first-order valence-electron chi connectivity index (χ1n) is 7.33. The van der Waals surface area contributed by atoms with Crippen molar-refractivity contribution in [3.8, 4) is 0 Å². The monoisotopic (exact) mass is 296 g/mol. The zero-order valence-corrected chi connectivity index (χ0v) is 13.3. The van der Waals surface area contributed by atoms with E-state index in [9.17, 15) is 4.79 Å². The third-order valence-electron chi connectivity index (χ3n) is 3.65. The molecule has 4 nitrogen and oxygen atoms in total. The van der Waals surface area contributed by atoms with Crippen LogP contribution in [0.4, 0.5) is 0 Å². The normalized spacial score (nSPS) is 18.9. The summed E-state index contributed by atoms with van der Waals surface area (Å²) in [6, 6.07) is 4.38. The van der Waals surface area contributed by atoms with Gasteiger partial charge in [-0.05, 0) is 32.4 Å². The van der Waals surface area contributed by atoms with Gasteiger partial charge in [0.1, 0.15) is 0 Å². The van der Waals surface area contributed by atoms with Gasteiger partial charge < -0.3 is 9.64 Å². The van der Waals surface area contributed by atoms with Crippen molar-refractivity contribution >= 4 is 17.2 Å². The van der Waals surface area contributed by atoms with Gasteiger partial charge in [0, 0.05) is 28.9 Å². The molecule has 2 heterocycles. The van der Waals surface area contributed by atoms with Gasteiger partial charge in [-0.15, -0.1) is 11.3 Å². The molecule has 0 saturated carbocycles. The molecule has 5 heteroatoms. The van der Waals surface area contributed by atoms with E-state index in [4.69, 9.17) is 4.74 Å². The Kier molecular flexibility index (Phi) is 5.57. The first-order chi connectivity index (χ1) is 9.61. The summed E-state index contributed by atoms with van der Waals surface area (Å²) in [5.41, 5.74) is 0. The molecule has 1 saturated heterocycles. The maximum absolute atomic E-state index is 12.3. The minimum Gasteiger partial charge on any atom is -0.378 e. The minimum absolute atomic E-state index is 0.157. The fourth-order valence-corrected chi connectivity index (χ4v) is 3.37. The smallest absolute Gasteiger partial charge is 0.239 e. The van der Waals surface area contributed by atoms with Crippen LogP contribution in [-0.2, 0) is 16.0 Å². The summed E-state index contributed by atoms with van der Waals surface area (Å²) < 4.78 is 5.28. The van der Waals surface area contributed by atoms with Crippen molar-refractivity contribution < 1.29 is 9.53 Å². The van der Waals surface area contributed by atoms with Gasteiger partial charge in [0.15, 0.2) is 0 Å². The van der Waals surface area contributed by atoms with Gasteiger partial charge in [0.25, 0.3) is 0 Å². The van der Waals surface area contributed by atoms with Gasteiger partial charge in [-0.25, -0.2) is 0 Å². The van der Waals surface area contributed by atoms with Gasteiger partial charge in [0.05, 0.1) is 19.3 Å². The molecular weight excluding hydrogens is 272 g/mol. The van der Waals surface area contributed by atoms with E-state index < -0.39 is 0 Å². The number of nitrogens with zero attached hydrogens (tertiary/aromatic N) is 1. The van der Waals surface area contributed by atoms with Crippen LogP contribution in [0.25, 0.3) is 0 Å². The maximum atomic E-state index is 12.3. The number of ether oxygens (including phenoxy) is 1. The Labute approximate surface area is 125 Å². The van der Waals surface area contributed by atoms with Crippen LogP contribution in [-0.4, -0.2) is 43.2 Å². The third kappa shape index (κ3) is 3.81. The average Bonchev–Trinajstić information content (AvgIpc) is 2.96. The number of rotatable bonds is 5. The molecule has 112 valence electrons. The van der Waals surface area contributed by atoms with Gasteiger partial charge >= 0.3 is 0 Å². The van der Waals surface area contributed by atoms with Crippen molar-refractivity contribution in [3.05, 3.63) is 21.9 Å². The van der Waals surface area contributed by atoms with Crippen LogP contribution in [0.3, 0.4) is 0 Å². The number of amides is 1. The lowest BCUT2D eigenvalue weighted by atomic mass is 10.2. The molecule has 1 aliphatic rings. The fraction of sp³-hybridized carbons (Fsp3) is 0.667. The highest BCUT2D eigenvalue weighted by Gasteiger charge is 2.23. The topological polar surface area (TPSA) is 41.6 Å². The molecule has 0 bridgehead atoms. The molecule has 1 aliphatic heterocycles. The lowest BCUT2D eigenvalue weighted by Gasteiger charge is -2.30. The number of carbonyl (C=O) groups excluding carboxylic acids is 1. The molecule has 2 rings (SSSR count). The lowest BCUT2D eigenvalue weighted by Crippen LogP contribution is -2.49. The van der Waals surface area contributed by atoms with E-state index in [2.05, 4.69) is 31.3 Å². The number of carbonyl (C=O) groups is 1. The van der Waals surface area contributed by atoms with E-state index in [0.717, 1.165) is 6.42 Å². The van der Waals surface area contributed by atoms with Gasteiger partial charge in [-0.2, -0.15) is 0 Å². The molecule has 0 spiro atoms. The van der Waals surface area contributed by atoms with E-state index in [1.54, 1.807) is 0 Å². The van der Waals surface area contributed by atoms with E-state index in [-0.39, 0.29) is 18.0 Å². The number of hydrogen-bond donors (Lipinski definition) is 1. The highest BCUT2D eigenvalue weighted by atomic mass is 32.1. The second-order valence-corrected chi connectivity index (χ2v) is 6.41. The Morgan fingerprint density at radius 1 is 1.40 bits per heavy atom. The Morgan fingerprint density at radius 2 is 2.10 bits per heavy atom. The van der Waals surface area contributed by atoms with Gasteiger partial charge in [0.2, 0.25) is 5.91 Å². The summed E-state index contributed by atoms with van der Waals surface area (Å²) in [5, 5.41) is 3.41. The fourth-order valence-electron chi connectivity index (χ4n) is 2.40. The zero-order valence-electron chi connectivity index (χ0n) is 12.5. The van der Waals surface area contributed by atoms with E-state index >= 15 is 0 Å². The summed E-state index contributed by atoms with van der Waals surface area (Å²) in [6.07, 6.45) is 1.07. The average molecular weight is 296 g/mol. The van der Waals surface area contributed by atoms with Crippen molar-refractivity contribution in [2.24, 2.45) is 0 Å². The van der Waals surface area contributed by atoms with Crippen LogP contribution in [0, 0.1) is 0 Å². The highest BCUT2D eigenvalue weighted by molar-refractivity contribution is 7.12. The Balaban J connectivity index is 1.89. The number of morpholine rings is 1. The first-order valence-corrected chi connectivity index (χ1v) is 8.14. The molecule has 1 aromatic heterocycles. The lowest BCUT2D eigenvalue weighted by molar-refractivity contribution is -0.137. The maximum Gasteiger partial charge on any atom is 0.239 e. The number of nitrogens with one attached hydrogen (secondary N) is 1. The summed E-state index contributed by atoms with van der Waals surface area (Å²) in [5.74, 6) is 0.174. The summed E-state index contributed by atoms with van der Waals surface area (Å²) in [7, 11) is 0. The predicted molar refractivity (Wildman–Crippen MR) is 82.1 cm³/mol. The number of hydrogen-bond acceptors (Lipinski definition) is 4. The summed E-state index contributed by atoms with van der Waals surface area (Å²) >= 11 is 1.82. The van der Waals surface area contributed by atoms with Gasteiger partial charge in [-0.3, -0.25) is 10.1 Å². The molecule has 2 unspecified atom stereocenters. The van der Waals surface area contributed by atoms with Crippen molar-refractivity contribution in [2.45, 2.75) is 39.3 Å². The third-order valence-corrected chi connectivity index (χ3v) is 5.06. The van der Waals surface area contributed by atoms with Crippen molar-refractivity contribution in [3.63, 3.8) is 0 Å². The molecule has 0 aliphatic carbocycles. The molecule has 2 atom stereocenters. The molecule has 20 heavy (non-hydrogen) atoms. The van der Waals surface area contributed by atoms with Crippen LogP contribution >= 0.6 is 11.3 Å². The Hall–Kier alpha value is -0.910. The van der Waals surface area contributed by atoms with E-state index in [1.165, 1.54) is 9.75 Å². The Bertz CT molecular complexity index is 441. The van der Waals surface area contributed by atoms with Crippen LogP contribution in [0.15, 0.2) is 12.1 Å². The zero-order chi connectivity index (χ0) is 14.5. The molecule has 1 N–H and O–H groups in total. The molecular formula is C15H24N2O2S. The quantitative estimate of drug-likeness (QED) is 0.906. The van der Waals surface area contributed by atoms with Crippen LogP contribution in [0.2, 0.25) is 0 Å². The van der Waals surface area contributed by atoms with Crippen LogP contribution in [0.1, 0.15) is 36.6 Å². The molecule has 0 aromatic carbocycles.